The van der Waals surface area contributed by atoms with Crippen LogP contribution in [0.3, 0.4) is 0 Å². The second-order valence-corrected chi connectivity index (χ2v) is 7.58. The van der Waals surface area contributed by atoms with Crippen molar-refractivity contribution in [3.63, 3.8) is 0 Å². The van der Waals surface area contributed by atoms with Crippen molar-refractivity contribution in [1.29, 1.82) is 0 Å². The molecule has 0 bridgehead atoms. The van der Waals surface area contributed by atoms with E-state index in [9.17, 15) is 22.0 Å². The lowest BCUT2D eigenvalue weighted by molar-refractivity contribution is 0.0943. The second-order valence-electron chi connectivity index (χ2n) is 3.81. The molecule has 0 unspecified atom stereocenters. The summed E-state index contributed by atoms with van der Waals surface area (Å²) >= 11 is 0. The van der Waals surface area contributed by atoms with Crippen molar-refractivity contribution >= 4 is 20.0 Å². The summed E-state index contributed by atoms with van der Waals surface area (Å²) in [6.07, 6.45) is 0. The van der Waals surface area contributed by atoms with Crippen molar-refractivity contribution < 1.29 is 22.0 Å². The van der Waals surface area contributed by atoms with Gasteiger partial charge in [0, 0.05) is 3.87 Å². The molecule has 0 saturated heterocycles. The Kier molecular flexibility index (Phi) is 3.91. The SMILES string of the molecule is O=S(=O)(c1ccccc1)N(O)S(=O)(=O)c1ccccc1. The molecule has 20 heavy (non-hydrogen) atoms. The first-order valence-electron chi connectivity index (χ1n) is 5.46. The highest BCUT2D eigenvalue weighted by Gasteiger charge is 2.35. The van der Waals surface area contributed by atoms with E-state index in [2.05, 4.69) is 0 Å². The zero-order valence-corrected chi connectivity index (χ0v) is 11.8. The Balaban J connectivity index is 2.49. The second kappa shape index (κ2) is 5.33. The standard InChI is InChI=1S/C12H11NO5S2/c14-13(19(15,16)11-7-3-1-4-8-11)20(17,18)12-9-5-2-6-10-12/h1-10,14H. The average molecular weight is 313 g/mol. The van der Waals surface area contributed by atoms with Crippen molar-refractivity contribution in [3.05, 3.63) is 60.7 Å². The highest BCUT2D eigenvalue weighted by molar-refractivity contribution is 8.03. The lowest BCUT2D eigenvalue weighted by Crippen LogP contribution is -2.33. The summed E-state index contributed by atoms with van der Waals surface area (Å²) in [6, 6.07) is 13.6. The van der Waals surface area contributed by atoms with Crippen molar-refractivity contribution in [2.24, 2.45) is 0 Å². The number of hydrogen-bond donors (Lipinski definition) is 1. The molecule has 0 radical (unpaired) electrons. The number of rotatable bonds is 4. The molecule has 1 N–H and O–H groups in total. The van der Waals surface area contributed by atoms with E-state index in [0.29, 0.717) is 0 Å². The topological polar surface area (TPSA) is 91.8 Å². The van der Waals surface area contributed by atoms with Crippen LogP contribution in [0.25, 0.3) is 0 Å². The Bertz CT molecular complexity index is 717. The van der Waals surface area contributed by atoms with Gasteiger partial charge in [-0.1, -0.05) is 36.4 Å². The van der Waals surface area contributed by atoms with Crippen LogP contribution in [0.2, 0.25) is 0 Å². The van der Waals surface area contributed by atoms with Crippen LogP contribution in [0, 0.1) is 0 Å². The summed E-state index contributed by atoms with van der Waals surface area (Å²) in [5.74, 6) is 0. The van der Waals surface area contributed by atoms with E-state index in [1.165, 1.54) is 48.5 Å². The van der Waals surface area contributed by atoms with E-state index in [-0.39, 0.29) is 9.79 Å². The third-order valence-electron chi connectivity index (χ3n) is 2.49. The van der Waals surface area contributed by atoms with Gasteiger partial charge >= 0.3 is 0 Å². The summed E-state index contributed by atoms with van der Waals surface area (Å²) in [4.78, 5) is -0.635. The first kappa shape index (κ1) is 14.7. The van der Waals surface area contributed by atoms with E-state index in [0.717, 1.165) is 0 Å². The van der Waals surface area contributed by atoms with Gasteiger partial charge in [-0.3, -0.25) is 5.21 Å². The third-order valence-corrected chi connectivity index (χ3v) is 6.23. The van der Waals surface area contributed by atoms with Crippen LogP contribution in [0.5, 0.6) is 0 Å². The quantitative estimate of drug-likeness (QED) is 0.863. The zero-order chi connectivity index (χ0) is 14.8. The molecule has 6 nitrogen and oxygen atoms in total. The summed E-state index contributed by atoms with van der Waals surface area (Å²) < 4.78 is 47.6. The maximum Gasteiger partial charge on any atom is 0.279 e. The maximum absolute atomic E-state index is 12.0. The first-order valence-corrected chi connectivity index (χ1v) is 8.34. The zero-order valence-electron chi connectivity index (χ0n) is 10.1. The summed E-state index contributed by atoms with van der Waals surface area (Å²) in [5.41, 5.74) is 0. The molecule has 0 amide bonds. The minimum Gasteiger partial charge on any atom is -0.285 e. The van der Waals surface area contributed by atoms with Crippen LogP contribution >= 0.6 is 0 Å². The predicted octanol–water partition coefficient (Wildman–Crippen LogP) is 1.46. The molecule has 8 heteroatoms. The van der Waals surface area contributed by atoms with Gasteiger partial charge in [0.1, 0.15) is 0 Å². The molecule has 2 aromatic rings. The van der Waals surface area contributed by atoms with Gasteiger partial charge in [-0.15, -0.1) is 0 Å². The van der Waals surface area contributed by atoms with Crippen LogP contribution in [0.1, 0.15) is 0 Å². The predicted molar refractivity (Wildman–Crippen MR) is 70.9 cm³/mol. The first-order chi connectivity index (χ1) is 9.37. The highest BCUT2D eigenvalue weighted by atomic mass is 32.3. The van der Waals surface area contributed by atoms with Gasteiger partial charge in [0.15, 0.2) is 0 Å². The van der Waals surface area contributed by atoms with E-state index in [1.54, 1.807) is 12.1 Å². The lowest BCUT2D eigenvalue weighted by atomic mass is 10.4. The molecule has 0 aromatic heterocycles. The van der Waals surface area contributed by atoms with E-state index < -0.39 is 23.9 Å². The fourth-order valence-corrected chi connectivity index (χ4v) is 4.41. The van der Waals surface area contributed by atoms with E-state index >= 15 is 0 Å². The van der Waals surface area contributed by atoms with Gasteiger partial charge in [-0.05, 0) is 24.3 Å². The molecule has 0 aliphatic carbocycles. The molecule has 0 fully saturated rings. The Morgan fingerprint density at radius 1 is 0.650 bits per heavy atom. The van der Waals surface area contributed by atoms with E-state index in [1.807, 2.05) is 0 Å². The van der Waals surface area contributed by atoms with Gasteiger partial charge < -0.3 is 0 Å². The van der Waals surface area contributed by atoms with Crippen LogP contribution in [-0.2, 0) is 20.0 Å². The molecule has 0 aliphatic rings. The fraction of sp³-hybridized carbons (Fsp3) is 0. The number of benzene rings is 2. The smallest absolute Gasteiger partial charge is 0.279 e. The van der Waals surface area contributed by atoms with Crippen molar-refractivity contribution in [1.82, 2.24) is 3.87 Å². The van der Waals surface area contributed by atoms with Crippen LogP contribution < -0.4 is 0 Å². The fourth-order valence-electron chi connectivity index (χ4n) is 1.49. The van der Waals surface area contributed by atoms with Gasteiger partial charge in [0.05, 0.1) is 9.79 Å². The molecule has 0 spiro atoms. The Morgan fingerprint density at radius 2 is 0.950 bits per heavy atom. The maximum atomic E-state index is 12.0. The number of nitrogens with zero attached hydrogens (tertiary/aromatic N) is 1. The monoisotopic (exact) mass is 313 g/mol. The lowest BCUT2D eigenvalue weighted by Gasteiger charge is -2.15. The van der Waals surface area contributed by atoms with Gasteiger partial charge in [-0.25, -0.2) is 16.8 Å². The van der Waals surface area contributed by atoms with Crippen molar-refractivity contribution in [2.45, 2.75) is 9.79 Å². The molecule has 2 rings (SSSR count). The van der Waals surface area contributed by atoms with Crippen molar-refractivity contribution in [3.8, 4) is 0 Å². The third kappa shape index (κ3) is 2.59. The molecule has 0 aliphatic heterocycles. The Morgan fingerprint density at radius 3 is 1.25 bits per heavy atom. The Labute approximate surface area is 117 Å². The molecule has 0 atom stereocenters. The highest BCUT2D eigenvalue weighted by Crippen LogP contribution is 2.21. The largest absolute Gasteiger partial charge is 0.285 e. The summed E-state index contributed by atoms with van der Waals surface area (Å²) in [5, 5.41) is 9.67. The molecular formula is C12H11NO5S2. The van der Waals surface area contributed by atoms with Gasteiger partial charge in [-0.2, -0.15) is 0 Å². The number of sulfonamides is 2. The van der Waals surface area contributed by atoms with Crippen LogP contribution in [-0.4, -0.2) is 25.9 Å². The summed E-state index contributed by atoms with van der Waals surface area (Å²) in [7, 11) is -9.09. The number of hydrogen-bond acceptors (Lipinski definition) is 5. The summed E-state index contributed by atoms with van der Waals surface area (Å²) in [6.45, 7) is 0. The van der Waals surface area contributed by atoms with Crippen LogP contribution in [0.4, 0.5) is 0 Å². The minimum atomic E-state index is -4.54. The molecule has 2 aromatic carbocycles. The van der Waals surface area contributed by atoms with E-state index in [4.69, 9.17) is 0 Å². The average Bonchev–Trinajstić information content (AvgIpc) is 2.48. The molecular weight excluding hydrogens is 302 g/mol. The normalized spacial score (nSPS) is 12.5. The van der Waals surface area contributed by atoms with Crippen molar-refractivity contribution in [2.75, 3.05) is 0 Å². The molecule has 106 valence electrons. The molecule has 0 heterocycles. The van der Waals surface area contributed by atoms with Gasteiger partial charge in [0.25, 0.3) is 20.0 Å². The van der Waals surface area contributed by atoms with Crippen LogP contribution in [0.15, 0.2) is 70.5 Å². The molecule has 0 saturated carbocycles. The minimum absolute atomic E-state index is 0.318. The van der Waals surface area contributed by atoms with Gasteiger partial charge in [0.2, 0.25) is 0 Å². The Hall–Kier alpha value is -1.74.